The van der Waals surface area contributed by atoms with Gasteiger partial charge in [0.2, 0.25) is 0 Å². The maximum Gasteiger partial charge on any atom is 0.327 e. The van der Waals surface area contributed by atoms with E-state index in [0.717, 1.165) is 4.68 Å². The lowest BCUT2D eigenvalue weighted by Gasteiger charge is -2.44. The predicted molar refractivity (Wildman–Crippen MR) is 146 cm³/mol. The van der Waals surface area contributed by atoms with Crippen LogP contribution in [-0.2, 0) is 0 Å². The fourth-order valence-electron chi connectivity index (χ4n) is 4.77. The van der Waals surface area contributed by atoms with E-state index in [1.807, 2.05) is 0 Å². The number of ether oxygens (including phenoxy) is 1. The molecule has 0 atom stereocenters. The monoisotopic (exact) mass is 474 g/mol. The second-order valence-electron chi connectivity index (χ2n) is 8.36. The van der Waals surface area contributed by atoms with E-state index >= 15 is 0 Å². The SMILES string of the molecule is COc1cc[n+]([N+](=O)[O-])cc1.c1ccc([B-](c2ccccc2)(c2ccccc2)c2ccccc2)cc1. The molecule has 5 rings (SSSR count). The molecule has 6 heteroatoms. The molecule has 0 amide bonds. The molecule has 1 aromatic heterocycles. The molecule has 1 heterocycles. The van der Waals surface area contributed by atoms with Gasteiger partial charge < -0.3 is 4.74 Å². The maximum atomic E-state index is 10.1. The van der Waals surface area contributed by atoms with E-state index in [9.17, 15) is 10.1 Å². The Balaban J connectivity index is 0.000000233. The van der Waals surface area contributed by atoms with Crippen molar-refractivity contribution in [1.29, 1.82) is 0 Å². The number of rotatable bonds is 6. The van der Waals surface area contributed by atoms with Gasteiger partial charge in [0, 0.05) is 0 Å². The first kappa shape index (κ1) is 24.4. The predicted octanol–water partition coefficient (Wildman–Crippen LogP) is 3.09. The Hall–Kier alpha value is -4.71. The fraction of sp³-hybridized carbons (Fsp3) is 0.0333. The average Bonchev–Trinajstić information content (AvgIpc) is 2.96. The highest BCUT2D eigenvalue weighted by atomic mass is 16.7. The van der Waals surface area contributed by atoms with Gasteiger partial charge in [0.1, 0.15) is 16.6 Å². The van der Waals surface area contributed by atoms with Crippen LogP contribution in [0.3, 0.4) is 0 Å². The van der Waals surface area contributed by atoms with Gasteiger partial charge in [-0.25, -0.2) is 0 Å². The van der Waals surface area contributed by atoms with Crippen molar-refractivity contribution >= 4 is 28.0 Å². The molecular weight excluding hydrogens is 447 g/mol. The topological polar surface area (TPSA) is 56.2 Å². The van der Waals surface area contributed by atoms with Crippen molar-refractivity contribution < 1.29 is 14.4 Å². The fourth-order valence-corrected chi connectivity index (χ4v) is 4.77. The van der Waals surface area contributed by atoms with Crippen LogP contribution in [0.1, 0.15) is 0 Å². The number of benzene rings is 4. The first-order valence-electron chi connectivity index (χ1n) is 11.7. The van der Waals surface area contributed by atoms with Gasteiger partial charge in [-0.1, -0.05) is 121 Å². The highest BCUT2D eigenvalue weighted by Gasteiger charge is 2.31. The minimum atomic E-state index is -1.22. The van der Waals surface area contributed by atoms with Crippen LogP contribution in [0.25, 0.3) is 0 Å². The van der Waals surface area contributed by atoms with E-state index < -0.39 is 11.2 Å². The molecular formula is C30H27BN2O3. The molecule has 36 heavy (non-hydrogen) atoms. The van der Waals surface area contributed by atoms with Gasteiger partial charge in [-0.05, 0) is 0 Å². The van der Waals surface area contributed by atoms with Crippen LogP contribution in [0.4, 0.5) is 0 Å². The number of methoxy groups -OCH3 is 1. The minimum Gasteiger partial charge on any atom is -0.496 e. The zero-order chi connectivity index (χ0) is 25.2. The molecule has 5 aromatic rings. The quantitative estimate of drug-likeness (QED) is 0.165. The number of aromatic nitrogens is 1. The molecule has 4 aromatic carbocycles. The van der Waals surface area contributed by atoms with Gasteiger partial charge in [0.25, 0.3) is 12.4 Å². The summed E-state index contributed by atoms with van der Waals surface area (Å²) in [6, 6.07) is 46.6. The molecule has 0 aliphatic rings. The normalized spacial score (nSPS) is 10.6. The highest BCUT2D eigenvalue weighted by molar-refractivity contribution is 7.19. The zero-order valence-corrected chi connectivity index (χ0v) is 20.1. The Morgan fingerprint density at radius 2 is 0.889 bits per heavy atom. The van der Waals surface area contributed by atoms with Crippen molar-refractivity contribution in [3.05, 3.63) is 156 Å². The van der Waals surface area contributed by atoms with Gasteiger partial charge in [0.15, 0.2) is 0 Å². The second kappa shape index (κ2) is 11.6. The molecule has 0 radical (unpaired) electrons. The van der Waals surface area contributed by atoms with Crippen LogP contribution in [0, 0.1) is 10.1 Å². The van der Waals surface area contributed by atoms with E-state index in [-0.39, 0.29) is 0 Å². The summed E-state index contributed by atoms with van der Waals surface area (Å²) in [6.45, 7) is 0. The molecule has 0 aliphatic heterocycles. The van der Waals surface area contributed by atoms with Crippen LogP contribution in [0.15, 0.2) is 146 Å². The van der Waals surface area contributed by atoms with Gasteiger partial charge in [-0.3, -0.25) is 0 Å². The Kier molecular flexibility index (Phi) is 7.88. The first-order chi connectivity index (χ1) is 17.7. The van der Waals surface area contributed by atoms with Crippen LogP contribution in [-0.4, -0.2) is 18.3 Å². The number of nitrogens with zero attached hydrogens (tertiary/aromatic N) is 2. The summed E-state index contributed by atoms with van der Waals surface area (Å²) in [5.74, 6) is 0.600. The lowest BCUT2D eigenvalue weighted by atomic mass is 9.13. The third kappa shape index (κ3) is 5.18. The lowest BCUT2D eigenvalue weighted by molar-refractivity contribution is -1.19. The molecule has 0 spiro atoms. The molecule has 178 valence electrons. The molecule has 5 nitrogen and oxygen atoms in total. The first-order valence-corrected chi connectivity index (χ1v) is 11.7. The third-order valence-corrected chi connectivity index (χ3v) is 6.41. The third-order valence-electron chi connectivity index (χ3n) is 6.41. The average molecular weight is 474 g/mol. The zero-order valence-electron chi connectivity index (χ0n) is 20.1. The van der Waals surface area contributed by atoms with Gasteiger partial charge in [-0.15, -0.1) is 0 Å². The van der Waals surface area contributed by atoms with Crippen LogP contribution < -0.4 is 31.3 Å². The maximum absolute atomic E-state index is 10.1. The number of nitro groups is 1. The summed E-state index contributed by atoms with van der Waals surface area (Å²) < 4.78 is 5.66. The summed E-state index contributed by atoms with van der Waals surface area (Å²) in [6.07, 6.45) is 1.42. The summed E-state index contributed by atoms with van der Waals surface area (Å²) in [7, 11) is 1.51. The van der Waals surface area contributed by atoms with Crippen molar-refractivity contribution in [2.75, 3.05) is 7.11 Å². The molecule has 0 bridgehead atoms. The van der Waals surface area contributed by atoms with Crippen molar-refractivity contribution in [3.8, 4) is 5.75 Å². The Morgan fingerprint density at radius 1 is 0.583 bits per heavy atom. The second-order valence-corrected chi connectivity index (χ2v) is 8.36. The Bertz CT molecular complexity index is 1200. The van der Waals surface area contributed by atoms with E-state index in [2.05, 4.69) is 121 Å². The molecule has 0 unspecified atom stereocenters. The minimum absolute atomic E-state index is 0.528. The van der Waals surface area contributed by atoms with E-state index in [1.165, 1.54) is 53.5 Å². The van der Waals surface area contributed by atoms with Gasteiger partial charge >= 0.3 is 5.03 Å². The molecule has 0 fully saturated rings. The summed E-state index contributed by atoms with van der Waals surface area (Å²) in [5, 5.41) is 9.60. The summed E-state index contributed by atoms with van der Waals surface area (Å²) in [4.78, 5) is 10.1. The van der Waals surface area contributed by atoms with E-state index in [4.69, 9.17) is 4.74 Å². The van der Waals surface area contributed by atoms with Crippen molar-refractivity contribution in [2.24, 2.45) is 0 Å². The summed E-state index contributed by atoms with van der Waals surface area (Å²) >= 11 is 0. The smallest absolute Gasteiger partial charge is 0.327 e. The van der Waals surface area contributed by atoms with Gasteiger partial charge in [-0.2, -0.15) is 32.0 Å². The molecule has 0 saturated carbocycles. The number of hydrogen-bond acceptors (Lipinski definition) is 3. The van der Waals surface area contributed by atoms with E-state index in [1.54, 1.807) is 0 Å². The van der Waals surface area contributed by atoms with Crippen LogP contribution in [0.5, 0.6) is 5.75 Å². The van der Waals surface area contributed by atoms with E-state index in [0.29, 0.717) is 5.75 Å². The largest absolute Gasteiger partial charge is 0.496 e. The molecule has 0 N–H and O–H groups in total. The molecule has 0 saturated heterocycles. The number of pyridine rings is 1. The van der Waals surface area contributed by atoms with Crippen molar-refractivity contribution in [3.63, 3.8) is 0 Å². The van der Waals surface area contributed by atoms with Crippen molar-refractivity contribution in [2.45, 2.75) is 0 Å². The lowest BCUT2D eigenvalue weighted by Crippen LogP contribution is -2.74. The number of hydrogen-bond donors (Lipinski definition) is 0. The Labute approximate surface area is 211 Å². The highest BCUT2D eigenvalue weighted by Crippen LogP contribution is 2.09. The molecule has 0 aliphatic carbocycles. The summed E-state index contributed by atoms with van der Waals surface area (Å²) in [5.41, 5.74) is 5.36. The van der Waals surface area contributed by atoms with Crippen LogP contribution >= 0.6 is 0 Å². The van der Waals surface area contributed by atoms with Crippen molar-refractivity contribution in [1.82, 2.24) is 0 Å². The van der Waals surface area contributed by atoms with Gasteiger partial charge in [0.05, 0.1) is 19.2 Å². The standard InChI is InChI=1S/C24H20B.C6H7N2O3/c1-5-13-21(14-6-1)25(22-15-7-2-8-16-22,23-17-9-3-10-18-23)24-19-11-4-12-20-24;1-11-6-2-4-7(5-3-6)8(9)10/h1-20H;2-5H,1H3/q-1;+1. The van der Waals surface area contributed by atoms with Crippen LogP contribution in [0.2, 0.25) is 0 Å². The Morgan fingerprint density at radius 3 is 1.14 bits per heavy atom.